The van der Waals surface area contributed by atoms with Crippen molar-refractivity contribution >= 4 is 28.8 Å². The Bertz CT molecular complexity index is 2190. The Balaban J connectivity index is 0.946. The Hall–Kier alpha value is -5.66. The summed E-state index contributed by atoms with van der Waals surface area (Å²) < 4.78 is 3.07. The van der Waals surface area contributed by atoms with Crippen LogP contribution in [0.25, 0.3) is 22.3 Å². The minimum atomic E-state index is -1.15. The summed E-state index contributed by atoms with van der Waals surface area (Å²) in [5.41, 5.74) is 4.49. The molecule has 1 aliphatic rings. The van der Waals surface area contributed by atoms with Crippen LogP contribution in [0, 0.1) is 6.92 Å². The molecule has 0 aliphatic carbocycles. The number of likely N-dealkylation sites (tertiary alicyclic amines) is 1. The van der Waals surface area contributed by atoms with Crippen LogP contribution in [0.2, 0.25) is 0 Å². The summed E-state index contributed by atoms with van der Waals surface area (Å²) in [5, 5.41) is 25.0. The second-order valence-corrected chi connectivity index (χ2v) is 14.9. The predicted octanol–water partition coefficient (Wildman–Crippen LogP) is 4.07. The number of aliphatic hydroxyl groups is 1. The molecule has 0 radical (unpaired) electrons. The van der Waals surface area contributed by atoms with E-state index in [1.165, 1.54) is 10.9 Å². The smallest absolute Gasteiger partial charge is 0.281 e. The van der Waals surface area contributed by atoms with Gasteiger partial charge in [-0.1, -0.05) is 79.7 Å². The first-order valence-corrected chi connectivity index (χ1v) is 19.4. The van der Waals surface area contributed by atoms with Gasteiger partial charge < -0.3 is 26.0 Å². The Kier molecular flexibility index (Phi) is 13.1. The number of hydrogen-bond donors (Lipinski definition) is 4. The molecule has 13 nitrogen and oxygen atoms in total. The summed E-state index contributed by atoms with van der Waals surface area (Å²) in [6.07, 6.45) is 4.12. The van der Waals surface area contributed by atoms with E-state index in [1.807, 2.05) is 90.7 Å². The molecule has 1 atom stereocenters. The molecule has 0 bridgehead atoms. The number of unbranched alkanes of at least 4 members (excludes halogenated alkanes) is 1. The van der Waals surface area contributed by atoms with Crippen LogP contribution in [0.15, 0.2) is 90.0 Å². The Morgan fingerprint density at radius 2 is 1.57 bits per heavy atom. The molecule has 4 N–H and O–H groups in total. The lowest BCUT2D eigenvalue weighted by Crippen LogP contribution is -2.49. The molecular weight excluding hydrogens is 709 g/mol. The molecule has 1 unspecified atom stereocenters. The first kappa shape index (κ1) is 40.0. The summed E-state index contributed by atoms with van der Waals surface area (Å²) in [4.78, 5) is 57.7. The highest BCUT2D eigenvalue weighted by Crippen LogP contribution is 2.28. The maximum Gasteiger partial charge on any atom is 0.281 e. The zero-order chi connectivity index (χ0) is 39.7. The second kappa shape index (κ2) is 18.3. The topological polar surface area (TPSA) is 163 Å². The third kappa shape index (κ3) is 9.95. The number of nitrogens with one attached hydrogen (secondary N) is 3. The third-order valence-corrected chi connectivity index (χ3v) is 10.6. The summed E-state index contributed by atoms with van der Waals surface area (Å²) in [6, 6.07) is 25.3. The van der Waals surface area contributed by atoms with Crippen LogP contribution in [0.1, 0.15) is 72.0 Å². The molecule has 0 saturated carbocycles. The highest BCUT2D eigenvalue weighted by Gasteiger charge is 2.35. The van der Waals surface area contributed by atoms with Gasteiger partial charge in [0, 0.05) is 57.3 Å². The Morgan fingerprint density at radius 1 is 0.893 bits per heavy atom. The van der Waals surface area contributed by atoms with E-state index in [2.05, 4.69) is 33.0 Å². The lowest BCUT2D eigenvalue weighted by atomic mass is 9.90. The van der Waals surface area contributed by atoms with E-state index in [1.54, 1.807) is 11.7 Å². The van der Waals surface area contributed by atoms with E-state index in [9.17, 15) is 24.3 Å². The second-order valence-electron chi connectivity index (χ2n) is 14.9. The lowest BCUT2D eigenvalue weighted by molar-refractivity contribution is -0.136. The fourth-order valence-corrected chi connectivity index (χ4v) is 7.24. The predicted molar refractivity (Wildman–Crippen MR) is 216 cm³/mol. The van der Waals surface area contributed by atoms with E-state index < -0.39 is 5.60 Å². The van der Waals surface area contributed by atoms with Gasteiger partial charge in [-0.3, -0.25) is 28.4 Å². The molecule has 6 rings (SSSR count). The quantitative estimate of drug-likeness (QED) is 0.110. The SMILES string of the molecule is Cc1ccccc1C(=O)NCCCCNC(=O)CNCc1ccc(-c2c3ncn(CC4(O)CCN(C(=O)CC(C)c5ccccc5)CC4)c(=O)c3nn2C)cc1. The van der Waals surface area contributed by atoms with Gasteiger partial charge in [0.05, 0.1) is 30.7 Å². The van der Waals surface area contributed by atoms with Crippen molar-refractivity contribution in [2.24, 2.45) is 7.05 Å². The average molecular weight is 761 g/mol. The number of amides is 3. The van der Waals surface area contributed by atoms with Crippen molar-refractivity contribution < 1.29 is 19.5 Å². The van der Waals surface area contributed by atoms with Crippen molar-refractivity contribution in [1.82, 2.24) is 40.2 Å². The molecule has 1 fully saturated rings. The minimum Gasteiger partial charge on any atom is -0.388 e. The van der Waals surface area contributed by atoms with E-state index in [0.717, 1.165) is 35.1 Å². The molecule has 5 aromatic rings. The van der Waals surface area contributed by atoms with Crippen molar-refractivity contribution in [3.05, 3.63) is 118 Å². The summed E-state index contributed by atoms with van der Waals surface area (Å²) >= 11 is 0. The lowest BCUT2D eigenvalue weighted by Gasteiger charge is -2.38. The number of aryl methyl sites for hydroxylation is 2. The van der Waals surface area contributed by atoms with Crippen LogP contribution in [0.3, 0.4) is 0 Å². The average Bonchev–Trinajstić information content (AvgIpc) is 3.54. The van der Waals surface area contributed by atoms with Gasteiger partial charge in [-0.2, -0.15) is 5.10 Å². The molecule has 13 heteroatoms. The monoisotopic (exact) mass is 760 g/mol. The number of piperidine rings is 1. The van der Waals surface area contributed by atoms with E-state index in [0.29, 0.717) is 68.8 Å². The number of fused-ring (bicyclic) bond motifs is 1. The van der Waals surface area contributed by atoms with Gasteiger partial charge >= 0.3 is 0 Å². The number of benzene rings is 3. The van der Waals surface area contributed by atoms with Crippen LogP contribution < -0.4 is 21.5 Å². The molecule has 3 amide bonds. The maximum atomic E-state index is 13.6. The maximum absolute atomic E-state index is 13.6. The van der Waals surface area contributed by atoms with Crippen molar-refractivity contribution in [1.29, 1.82) is 0 Å². The fraction of sp³-hybridized carbons (Fsp3) is 0.395. The molecule has 3 heterocycles. The highest BCUT2D eigenvalue weighted by molar-refractivity contribution is 5.95. The number of rotatable bonds is 16. The van der Waals surface area contributed by atoms with Crippen LogP contribution >= 0.6 is 0 Å². The normalized spacial score (nSPS) is 14.4. The van der Waals surface area contributed by atoms with Gasteiger partial charge in [-0.15, -0.1) is 0 Å². The van der Waals surface area contributed by atoms with Crippen molar-refractivity contribution in [3.63, 3.8) is 0 Å². The van der Waals surface area contributed by atoms with E-state index in [4.69, 9.17) is 0 Å². The third-order valence-electron chi connectivity index (χ3n) is 10.6. The van der Waals surface area contributed by atoms with E-state index in [-0.39, 0.29) is 47.8 Å². The molecular formula is C43H52N8O5. The van der Waals surface area contributed by atoms with Crippen molar-refractivity contribution in [3.8, 4) is 11.3 Å². The van der Waals surface area contributed by atoms with Gasteiger partial charge in [-0.05, 0) is 61.3 Å². The molecule has 0 spiro atoms. The molecule has 1 saturated heterocycles. The first-order valence-electron chi connectivity index (χ1n) is 19.4. The van der Waals surface area contributed by atoms with Gasteiger partial charge in [0.15, 0.2) is 5.52 Å². The summed E-state index contributed by atoms with van der Waals surface area (Å²) in [6.45, 7) is 6.62. The standard InChI is InChI=1S/C43H52N8O5/c1-30-11-7-8-14-35(30)41(54)46-22-10-9-21-45-36(52)27-44-26-32-15-17-34(18-16-32)40-38-39(48-49(40)3)42(55)51(29-47-38)28-43(56)19-23-50(24-20-43)37(53)25-31(2)33-12-5-4-6-13-33/h4-8,11-18,29,31,44,56H,9-10,19-28H2,1-3H3,(H,45,52)(H,46,54). The zero-order valence-electron chi connectivity index (χ0n) is 32.5. The van der Waals surface area contributed by atoms with Crippen LogP contribution in [0.5, 0.6) is 0 Å². The van der Waals surface area contributed by atoms with Crippen LogP contribution in [-0.2, 0) is 29.7 Å². The van der Waals surface area contributed by atoms with Gasteiger partial charge in [0.1, 0.15) is 5.52 Å². The number of carbonyl (C=O) groups is 3. The Labute approximate surface area is 327 Å². The number of aromatic nitrogens is 4. The first-order chi connectivity index (χ1) is 27.0. The van der Waals surface area contributed by atoms with Crippen molar-refractivity contribution in [2.45, 2.75) is 70.6 Å². The Morgan fingerprint density at radius 3 is 2.29 bits per heavy atom. The van der Waals surface area contributed by atoms with Crippen LogP contribution in [-0.4, -0.2) is 85.4 Å². The number of nitrogens with zero attached hydrogens (tertiary/aromatic N) is 5. The molecule has 294 valence electrons. The number of hydrogen-bond acceptors (Lipinski definition) is 8. The van der Waals surface area contributed by atoms with Crippen LogP contribution in [0.4, 0.5) is 0 Å². The fourth-order valence-electron chi connectivity index (χ4n) is 7.24. The number of carbonyl (C=O) groups excluding carboxylic acids is 3. The van der Waals surface area contributed by atoms with Gasteiger partial charge in [0.2, 0.25) is 11.8 Å². The van der Waals surface area contributed by atoms with E-state index >= 15 is 0 Å². The molecule has 1 aliphatic heterocycles. The summed E-state index contributed by atoms with van der Waals surface area (Å²) in [5.74, 6) is -0.00961. The zero-order valence-corrected chi connectivity index (χ0v) is 32.5. The van der Waals surface area contributed by atoms with Gasteiger partial charge in [-0.25, -0.2) is 4.98 Å². The highest BCUT2D eigenvalue weighted by atomic mass is 16.3. The largest absolute Gasteiger partial charge is 0.388 e. The van der Waals surface area contributed by atoms with Gasteiger partial charge in [0.25, 0.3) is 11.5 Å². The molecule has 3 aromatic carbocycles. The minimum absolute atomic E-state index is 0.0669. The molecule has 2 aromatic heterocycles. The summed E-state index contributed by atoms with van der Waals surface area (Å²) in [7, 11) is 1.77. The van der Waals surface area contributed by atoms with Crippen molar-refractivity contribution in [2.75, 3.05) is 32.7 Å². The molecule has 56 heavy (non-hydrogen) atoms.